The highest BCUT2D eigenvalue weighted by Crippen LogP contribution is 2.31. The van der Waals surface area contributed by atoms with E-state index in [-0.39, 0.29) is 30.4 Å². The van der Waals surface area contributed by atoms with E-state index in [0.717, 1.165) is 19.3 Å². The van der Waals surface area contributed by atoms with E-state index < -0.39 is 23.0 Å². The van der Waals surface area contributed by atoms with E-state index in [1.807, 2.05) is 0 Å². The van der Waals surface area contributed by atoms with E-state index >= 15 is 0 Å². The van der Waals surface area contributed by atoms with Gasteiger partial charge in [-0.05, 0) is 31.5 Å². The zero-order chi connectivity index (χ0) is 16.7. The largest absolute Gasteiger partial charge is 0.507 e. The Kier molecular flexibility index (Phi) is 9.05. The van der Waals surface area contributed by atoms with E-state index in [9.17, 15) is 19.8 Å². The number of carboxylic acids is 1. The third-order valence-electron chi connectivity index (χ3n) is 3.38. The number of carboxylic acid groups (broad SMARTS) is 1. The molecule has 0 aliphatic rings. The lowest BCUT2D eigenvalue weighted by atomic mass is 10.1. The first kappa shape index (κ1) is 21.0. The van der Waals surface area contributed by atoms with Gasteiger partial charge in [0, 0.05) is 25.6 Å². The molecule has 130 valence electrons. The number of nitrogens with zero attached hydrogens (tertiary/aromatic N) is 1. The van der Waals surface area contributed by atoms with Crippen molar-refractivity contribution in [2.75, 3.05) is 13.6 Å². The minimum absolute atomic E-state index is 0. The summed E-state index contributed by atoms with van der Waals surface area (Å²) in [6, 6.07) is 2.59. The van der Waals surface area contributed by atoms with Crippen LogP contribution in [0.4, 0.5) is 0 Å². The van der Waals surface area contributed by atoms with Gasteiger partial charge in [-0.15, -0.1) is 12.4 Å². The van der Waals surface area contributed by atoms with E-state index in [1.165, 1.54) is 17.0 Å². The number of nitrogens with two attached hydrogens (primary N) is 1. The van der Waals surface area contributed by atoms with E-state index in [2.05, 4.69) is 0 Å². The number of aromatic carboxylic acids is 1. The van der Waals surface area contributed by atoms with Crippen molar-refractivity contribution in [3.05, 3.63) is 23.3 Å². The summed E-state index contributed by atoms with van der Waals surface area (Å²) in [4.78, 5) is 24.4. The topological polar surface area (TPSA) is 124 Å². The molecule has 23 heavy (non-hydrogen) atoms. The maximum absolute atomic E-state index is 12.0. The number of aromatic hydroxyl groups is 2. The Hall–Kier alpha value is -1.99. The standard InChI is InChI=1S/C15H22N2O5.ClH/c1-17(12(19)5-3-2-4-8-16)9-10-6-7-11(18)13(14(10)20)15(21)22;/h6-7,18,20H,2-5,8-9,16H2,1H3,(H,21,22);1H. The van der Waals surface area contributed by atoms with Crippen molar-refractivity contribution in [1.82, 2.24) is 4.90 Å². The number of carbonyl (C=O) groups excluding carboxylic acids is 1. The van der Waals surface area contributed by atoms with Gasteiger partial charge < -0.3 is 26.0 Å². The lowest BCUT2D eigenvalue weighted by Gasteiger charge is -2.18. The molecule has 1 aromatic rings. The van der Waals surface area contributed by atoms with Crippen LogP contribution in [0, 0.1) is 0 Å². The van der Waals surface area contributed by atoms with E-state index in [4.69, 9.17) is 10.8 Å². The van der Waals surface area contributed by atoms with Crippen LogP contribution in [0.15, 0.2) is 12.1 Å². The van der Waals surface area contributed by atoms with Crippen molar-refractivity contribution >= 4 is 24.3 Å². The molecule has 0 unspecified atom stereocenters. The summed E-state index contributed by atoms with van der Waals surface area (Å²) in [5.41, 5.74) is 5.10. The first-order valence-corrected chi connectivity index (χ1v) is 7.09. The number of carbonyl (C=O) groups is 2. The van der Waals surface area contributed by atoms with Crippen molar-refractivity contribution in [2.24, 2.45) is 5.73 Å². The highest BCUT2D eigenvalue weighted by atomic mass is 35.5. The Morgan fingerprint density at radius 3 is 2.39 bits per heavy atom. The molecule has 0 atom stereocenters. The molecular formula is C15H23ClN2O5. The number of unbranched alkanes of at least 4 members (excludes halogenated alkanes) is 2. The molecule has 0 saturated carbocycles. The molecule has 8 heteroatoms. The molecule has 0 radical (unpaired) electrons. The van der Waals surface area contributed by atoms with Gasteiger partial charge in [-0.25, -0.2) is 4.79 Å². The first-order chi connectivity index (χ1) is 10.4. The van der Waals surface area contributed by atoms with Crippen molar-refractivity contribution in [1.29, 1.82) is 0 Å². The molecule has 7 nitrogen and oxygen atoms in total. The Morgan fingerprint density at radius 2 is 1.83 bits per heavy atom. The van der Waals surface area contributed by atoms with Gasteiger partial charge in [0.15, 0.2) is 0 Å². The maximum atomic E-state index is 12.0. The fourth-order valence-electron chi connectivity index (χ4n) is 2.09. The van der Waals surface area contributed by atoms with Gasteiger partial charge >= 0.3 is 5.97 Å². The summed E-state index contributed by atoms with van der Waals surface area (Å²) in [6.07, 6.45) is 2.87. The second-order valence-corrected chi connectivity index (χ2v) is 5.12. The Labute approximate surface area is 141 Å². The number of halogens is 1. The quantitative estimate of drug-likeness (QED) is 0.531. The number of amides is 1. The van der Waals surface area contributed by atoms with Crippen LogP contribution in [0.3, 0.4) is 0 Å². The summed E-state index contributed by atoms with van der Waals surface area (Å²) in [5.74, 6) is -2.55. The van der Waals surface area contributed by atoms with Gasteiger partial charge in [0.25, 0.3) is 0 Å². The zero-order valence-corrected chi connectivity index (χ0v) is 13.8. The molecule has 1 amide bonds. The summed E-state index contributed by atoms with van der Waals surface area (Å²) < 4.78 is 0. The van der Waals surface area contributed by atoms with Gasteiger partial charge in [-0.1, -0.05) is 6.42 Å². The van der Waals surface area contributed by atoms with E-state index in [1.54, 1.807) is 7.05 Å². The van der Waals surface area contributed by atoms with Crippen molar-refractivity contribution in [3.8, 4) is 11.5 Å². The van der Waals surface area contributed by atoms with Gasteiger partial charge in [-0.2, -0.15) is 0 Å². The van der Waals surface area contributed by atoms with Crippen molar-refractivity contribution in [2.45, 2.75) is 32.2 Å². The van der Waals surface area contributed by atoms with Crippen LogP contribution in [0.25, 0.3) is 0 Å². The SMILES string of the molecule is CN(Cc1ccc(O)c(C(=O)O)c1O)C(=O)CCCCCN.Cl. The predicted molar refractivity (Wildman–Crippen MR) is 88.0 cm³/mol. The Balaban J connectivity index is 0.00000484. The maximum Gasteiger partial charge on any atom is 0.343 e. The summed E-state index contributed by atoms with van der Waals surface area (Å²) >= 11 is 0. The van der Waals surface area contributed by atoms with Crippen LogP contribution in [0.5, 0.6) is 11.5 Å². The number of phenols is 2. The van der Waals surface area contributed by atoms with Crippen LogP contribution in [0.1, 0.15) is 41.6 Å². The number of hydrogen-bond donors (Lipinski definition) is 4. The number of hydrogen-bond acceptors (Lipinski definition) is 5. The first-order valence-electron chi connectivity index (χ1n) is 7.09. The lowest BCUT2D eigenvalue weighted by Crippen LogP contribution is -2.26. The Morgan fingerprint density at radius 1 is 1.17 bits per heavy atom. The molecular weight excluding hydrogens is 324 g/mol. The lowest BCUT2D eigenvalue weighted by molar-refractivity contribution is -0.130. The highest BCUT2D eigenvalue weighted by molar-refractivity contribution is 5.94. The van der Waals surface area contributed by atoms with Crippen LogP contribution in [-0.2, 0) is 11.3 Å². The summed E-state index contributed by atoms with van der Waals surface area (Å²) in [5, 5.41) is 28.4. The molecule has 5 N–H and O–H groups in total. The van der Waals surface area contributed by atoms with E-state index in [0.29, 0.717) is 13.0 Å². The van der Waals surface area contributed by atoms with Crippen molar-refractivity contribution in [3.63, 3.8) is 0 Å². The molecule has 0 saturated heterocycles. The third kappa shape index (κ3) is 5.96. The second-order valence-electron chi connectivity index (χ2n) is 5.12. The molecule has 0 aliphatic carbocycles. The normalized spacial score (nSPS) is 10.0. The molecule has 1 aromatic carbocycles. The number of rotatable bonds is 8. The number of benzene rings is 1. The van der Waals surface area contributed by atoms with Gasteiger partial charge in [0.2, 0.25) is 5.91 Å². The smallest absolute Gasteiger partial charge is 0.343 e. The van der Waals surface area contributed by atoms with Gasteiger partial charge in [-0.3, -0.25) is 4.79 Å². The van der Waals surface area contributed by atoms with Crippen LogP contribution in [-0.4, -0.2) is 45.7 Å². The van der Waals surface area contributed by atoms with Crippen LogP contribution >= 0.6 is 12.4 Å². The molecule has 0 aromatic heterocycles. The van der Waals surface area contributed by atoms with Crippen LogP contribution < -0.4 is 5.73 Å². The molecule has 0 aliphatic heterocycles. The average Bonchev–Trinajstić information content (AvgIpc) is 2.46. The Bertz CT molecular complexity index is 551. The van der Waals surface area contributed by atoms with Gasteiger partial charge in [0.1, 0.15) is 17.1 Å². The third-order valence-corrected chi connectivity index (χ3v) is 3.38. The molecule has 0 fully saturated rings. The molecule has 0 spiro atoms. The van der Waals surface area contributed by atoms with Crippen LogP contribution in [0.2, 0.25) is 0 Å². The molecule has 1 rings (SSSR count). The molecule has 0 heterocycles. The van der Waals surface area contributed by atoms with Crippen molar-refractivity contribution < 1.29 is 24.9 Å². The summed E-state index contributed by atoms with van der Waals surface area (Å²) in [6.45, 7) is 0.672. The minimum atomic E-state index is -1.42. The van der Waals surface area contributed by atoms with Gasteiger partial charge in [0.05, 0.1) is 0 Å². The fourth-order valence-corrected chi connectivity index (χ4v) is 2.09. The molecule has 0 bridgehead atoms. The summed E-state index contributed by atoms with van der Waals surface area (Å²) in [7, 11) is 1.58. The average molecular weight is 347 g/mol. The monoisotopic (exact) mass is 346 g/mol. The highest BCUT2D eigenvalue weighted by Gasteiger charge is 2.20. The minimum Gasteiger partial charge on any atom is -0.507 e. The fraction of sp³-hybridized carbons (Fsp3) is 0.467. The second kappa shape index (κ2) is 9.91. The predicted octanol–water partition coefficient (Wildman–Crippen LogP) is 1.70. The zero-order valence-electron chi connectivity index (χ0n) is 13.0.